The molecule has 0 amide bonds. The number of aryl methyl sites for hydroxylation is 1. The molecule has 1 aromatic heterocycles. The van der Waals surface area contributed by atoms with Crippen LogP contribution in [0.4, 0.5) is 17.6 Å². The lowest BCUT2D eigenvalue weighted by atomic mass is 10.0. The number of phenolic OH excluding ortho intramolecular Hbond substituents is 1. The molecule has 0 bridgehead atoms. The fraction of sp³-hybridized carbons (Fsp3) is 0.444. The number of halogens is 4. The Balaban J connectivity index is 1.81. The molecule has 0 aliphatic carbocycles. The first-order valence-electron chi connectivity index (χ1n) is 8.37. The molecule has 146 valence electrons. The number of phenols is 1. The van der Waals surface area contributed by atoms with Crippen molar-refractivity contribution >= 4 is 11.8 Å². The first-order chi connectivity index (χ1) is 12.6. The molecule has 27 heavy (non-hydrogen) atoms. The summed E-state index contributed by atoms with van der Waals surface area (Å²) in [6.45, 7) is 2.91. The molecule has 1 N–H and O–H groups in total. The Morgan fingerprint density at radius 1 is 1.19 bits per heavy atom. The minimum absolute atomic E-state index is 0.0535. The lowest BCUT2D eigenvalue weighted by Crippen LogP contribution is -2.40. The SMILES string of the molecule is Cc1cc(S[C@@H]2C[C@@H](F)CN(C)C2)nnc1-c1ccc(C(F)(F)F)cc1O. The second-order valence-corrected chi connectivity index (χ2v) is 8.06. The Labute approximate surface area is 158 Å². The quantitative estimate of drug-likeness (QED) is 0.777. The highest BCUT2D eigenvalue weighted by molar-refractivity contribution is 7.99. The topological polar surface area (TPSA) is 49.2 Å². The van der Waals surface area contributed by atoms with Crippen LogP contribution < -0.4 is 0 Å². The van der Waals surface area contributed by atoms with Gasteiger partial charge in [0.2, 0.25) is 0 Å². The van der Waals surface area contributed by atoms with Crippen LogP contribution in [0.25, 0.3) is 11.3 Å². The lowest BCUT2D eigenvalue weighted by Gasteiger charge is -2.31. The molecule has 4 nitrogen and oxygen atoms in total. The molecule has 1 aromatic carbocycles. The van der Waals surface area contributed by atoms with Crippen molar-refractivity contribution in [3.05, 3.63) is 35.4 Å². The van der Waals surface area contributed by atoms with Gasteiger partial charge in [0.15, 0.2) is 0 Å². The van der Waals surface area contributed by atoms with Crippen LogP contribution in [0.3, 0.4) is 0 Å². The highest BCUT2D eigenvalue weighted by atomic mass is 32.2. The van der Waals surface area contributed by atoms with Crippen LogP contribution in [0.2, 0.25) is 0 Å². The molecular weight excluding hydrogens is 382 g/mol. The van der Waals surface area contributed by atoms with E-state index in [0.29, 0.717) is 35.3 Å². The van der Waals surface area contributed by atoms with Gasteiger partial charge >= 0.3 is 6.18 Å². The number of likely N-dealkylation sites (tertiary alicyclic amines) is 1. The summed E-state index contributed by atoms with van der Waals surface area (Å²) in [4.78, 5) is 1.93. The van der Waals surface area contributed by atoms with E-state index in [-0.39, 0.29) is 10.8 Å². The number of hydrogen-bond acceptors (Lipinski definition) is 5. The molecule has 0 spiro atoms. The van der Waals surface area contributed by atoms with Gasteiger partial charge in [0.25, 0.3) is 0 Å². The number of aromatic nitrogens is 2. The maximum absolute atomic E-state index is 13.7. The maximum atomic E-state index is 13.7. The average Bonchev–Trinajstić information content (AvgIpc) is 2.53. The van der Waals surface area contributed by atoms with Crippen LogP contribution in [-0.2, 0) is 6.18 Å². The number of benzene rings is 1. The van der Waals surface area contributed by atoms with Gasteiger partial charge in [0.1, 0.15) is 16.9 Å². The van der Waals surface area contributed by atoms with Crippen molar-refractivity contribution in [2.75, 3.05) is 20.1 Å². The highest BCUT2D eigenvalue weighted by Crippen LogP contribution is 2.37. The first kappa shape index (κ1) is 19.9. The van der Waals surface area contributed by atoms with Crippen molar-refractivity contribution in [3.8, 4) is 17.0 Å². The monoisotopic (exact) mass is 401 g/mol. The Kier molecular flexibility index (Phi) is 5.62. The van der Waals surface area contributed by atoms with Crippen molar-refractivity contribution in [2.45, 2.75) is 36.0 Å². The predicted octanol–water partition coefficient (Wildman–Crippen LogP) is 4.31. The van der Waals surface area contributed by atoms with Crippen molar-refractivity contribution < 1.29 is 22.7 Å². The standard InChI is InChI=1S/C18H19F4N3OS/c1-10-5-16(27-13-7-12(19)8-25(2)9-13)23-24-17(10)14-4-3-11(6-15(14)26)18(20,21)22/h3-6,12-13,26H,7-9H2,1-2H3/t12-,13-/m1/s1. The Bertz CT molecular complexity index is 821. The molecule has 2 atom stereocenters. The summed E-state index contributed by atoms with van der Waals surface area (Å²) in [6.07, 6.45) is -4.96. The van der Waals surface area contributed by atoms with Gasteiger partial charge < -0.3 is 10.0 Å². The van der Waals surface area contributed by atoms with Gasteiger partial charge in [0.05, 0.1) is 11.3 Å². The van der Waals surface area contributed by atoms with Crippen molar-refractivity contribution in [1.29, 1.82) is 0 Å². The number of nitrogens with zero attached hydrogens (tertiary/aromatic N) is 3. The van der Waals surface area contributed by atoms with E-state index in [2.05, 4.69) is 10.2 Å². The van der Waals surface area contributed by atoms with Crippen LogP contribution in [0, 0.1) is 6.92 Å². The number of piperidine rings is 1. The largest absolute Gasteiger partial charge is 0.507 e. The van der Waals surface area contributed by atoms with Gasteiger partial charge in [-0.05, 0) is 50.2 Å². The molecule has 1 aliphatic heterocycles. The fourth-order valence-corrected chi connectivity index (χ4v) is 4.45. The molecule has 1 saturated heterocycles. The first-order valence-corrected chi connectivity index (χ1v) is 9.25. The third-order valence-electron chi connectivity index (χ3n) is 4.37. The van der Waals surface area contributed by atoms with Crippen molar-refractivity contribution in [1.82, 2.24) is 15.1 Å². The number of thioether (sulfide) groups is 1. The highest BCUT2D eigenvalue weighted by Gasteiger charge is 2.31. The van der Waals surface area contributed by atoms with Gasteiger partial charge in [0, 0.05) is 23.9 Å². The van der Waals surface area contributed by atoms with E-state index >= 15 is 0 Å². The Morgan fingerprint density at radius 2 is 1.93 bits per heavy atom. The summed E-state index contributed by atoms with van der Waals surface area (Å²) in [5.41, 5.74) is 0.243. The zero-order valence-corrected chi connectivity index (χ0v) is 15.6. The smallest absolute Gasteiger partial charge is 0.416 e. The third kappa shape index (κ3) is 4.70. The Hall–Kier alpha value is -1.87. The molecule has 0 radical (unpaired) electrons. The van der Waals surface area contributed by atoms with E-state index in [1.165, 1.54) is 17.8 Å². The lowest BCUT2D eigenvalue weighted by molar-refractivity contribution is -0.137. The number of rotatable bonds is 3. The maximum Gasteiger partial charge on any atom is 0.416 e. The second-order valence-electron chi connectivity index (χ2n) is 6.74. The molecule has 2 aromatic rings. The van der Waals surface area contributed by atoms with Gasteiger partial charge in [-0.3, -0.25) is 0 Å². The number of alkyl halides is 4. The van der Waals surface area contributed by atoms with E-state index in [4.69, 9.17) is 0 Å². The zero-order valence-electron chi connectivity index (χ0n) is 14.8. The van der Waals surface area contributed by atoms with Crippen LogP contribution in [0.15, 0.2) is 29.3 Å². The summed E-state index contributed by atoms with van der Waals surface area (Å²) in [7, 11) is 1.87. The summed E-state index contributed by atoms with van der Waals surface area (Å²) < 4.78 is 51.9. The van der Waals surface area contributed by atoms with Gasteiger partial charge in [-0.25, -0.2) is 4.39 Å². The van der Waals surface area contributed by atoms with E-state index < -0.39 is 23.7 Å². The summed E-state index contributed by atoms with van der Waals surface area (Å²) in [6, 6.07) is 4.52. The molecule has 1 fully saturated rings. The zero-order chi connectivity index (χ0) is 19.8. The van der Waals surface area contributed by atoms with Gasteiger partial charge in [-0.1, -0.05) is 11.8 Å². The number of hydrogen-bond donors (Lipinski definition) is 1. The van der Waals surface area contributed by atoms with Crippen LogP contribution in [0.1, 0.15) is 17.5 Å². The summed E-state index contributed by atoms with van der Waals surface area (Å²) in [5, 5.41) is 18.9. The van der Waals surface area contributed by atoms with Crippen LogP contribution in [-0.4, -0.2) is 51.8 Å². The Morgan fingerprint density at radius 3 is 2.52 bits per heavy atom. The van der Waals surface area contributed by atoms with Gasteiger partial charge in [-0.2, -0.15) is 13.2 Å². The van der Waals surface area contributed by atoms with Crippen molar-refractivity contribution in [3.63, 3.8) is 0 Å². The van der Waals surface area contributed by atoms with Crippen LogP contribution in [0.5, 0.6) is 5.75 Å². The molecule has 9 heteroatoms. The average molecular weight is 401 g/mol. The normalized spacial score (nSPS) is 21.4. The van der Waals surface area contributed by atoms with E-state index in [1.807, 2.05) is 11.9 Å². The number of aromatic hydroxyl groups is 1. The van der Waals surface area contributed by atoms with E-state index in [1.54, 1.807) is 13.0 Å². The molecule has 0 saturated carbocycles. The summed E-state index contributed by atoms with van der Waals surface area (Å²) >= 11 is 1.43. The van der Waals surface area contributed by atoms with E-state index in [0.717, 1.165) is 12.6 Å². The second kappa shape index (κ2) is 7.63. The fourth-order valence-electron chi connectivity index (χ4n) is 3.14. The van der Waals surface area contributed by atoms with E-state index in [9.17, 15) is 22.7 Å². The third-order valence-corrected chi connectivity index (χ3v) is 5.49. The minimum atomic E-state index is -4.53. The molecule has 1 aliphatic rings. The van der Waals surface area contributed by atoms with Gasteiger partial charge in [-0.15, -0.1) is 10.2 Å². The summed E-state index contributed by atoms with van der Waals surface area (Å²) in [5.74, 6) is -0.503. The van der Waals surface area contributed by atoms with Crippen LogP contribution >= 0.6 is 11.8 Å². The molecule has 2 heterocycles. The minimum Gasteiger partial charge on any atom is -0.507 e. The predicted molar refractivity (Wildman–Crippen MR) is 95.5 cm³/mol. The molecule has 3 rings (SSSR count). The van der Waals surface area contributed by atoms with Crippen molar-refractivity contribution in [2.24, 2.45) is 0 Å². The molecule has 0 unspecified atom stereocenters. The molecular formula is C18H19F4N3OS.